The van der Waals surface area contributed by atoms with E-state index in [0.29, 0.717) is 21.4 Å². The lowest BCUT2D eigenvalue weighted by molar-refractivity contribution is -0.138. The van der Waals surface area contributed by atoms with E-state index in [2.05, 4.69) is 23.3 Å². The molecule has 0 spiro atoms. The maximum Gasteiger partial charge on any atom is 0.337 e. The Morgan fingerprint density at radius 3 is 2.68 bits per heavy atom. The van der Waals surface area contributed by atoms with Gasteiger partial charge in [0.15, 0.2) is 0 Å². The Labute approximate surface area is 206 Å². The van der Waals surface area contributed by atoms with Crippen LogP contribution in [0.15, 0.2) is 83.1 Å². The van der Waals surface area contributed by atoms with E-state index in [0.717, 1.165) is 11.8 Å². The van der Waals surface area contributed by atoms with Gasteiger partial charge in [-0.05, 0) is 25.1 Å². The van der Waals surface area contributed by atoms with Crippen LogP contribution in [0.25, 0.3) is 0 Å². The van der Waals surface area contributed by atoms with E-state index in [1.807, 2.05) is 0 Å². The number of thioether (sulfide) groups is 1. The molecule has 1 aliphatic rings. The SMILES string of the molecule is C=CCOC(=O)C1=C(C)NC(SCC(=O)Nc2ccccc2Cl)=C(C#N)[C@@H]1c1ccccc1F. The molecule has 0 saturated heterocycles. The molecule has 0 bridgehead atoms. The average molecular weight is 498 g/mol. The minimum Gasteiger partial charge on any atom is -0.458 e. The fourth-order valence-corrected chi connectivity index (χ4v) is 4.49. The zero-order chi connectivity index (χ0) is 24.7. The van der Waals surface area contributed by atoms with Crippen molar-refractivity contribution in [2.24, 2.45) is 0 Å². The Bertz CT molecular complexity index is 1240. The number of allylic oxidation sites excluding steroid dienone is 2. The van der Waals surface area contributed by atoms with Crippen LogP contribution in [0.1, 0.15) is 18.4 Å². The molecular weight excluding hydrogens is 477 g/mol. The molecule has 174 valence electrons. The van der Waals surface area contributed by atoms with Gasteiger partial charge in [-0.2, -0.15) is 5.26 Å². The van der Waals surface area contributed by atoms with Gasteiger partial charge in [-0.1, -0.05) is 66.3 Å². The number of benzene rings is 2. The van der Waals surface area contributed by atoms with E-state index < -0.39 is 17.7 Å². The second-order valence-electron chi connectivity index (χ2n) is 7.18. The molecule has 9 heteroatoms. The summed E-state index contributed by atoms with van der Waals surface area (Å²) < 4.78 is 20.0. The van der Waals surface area contributed by atoms with Crippen LogP contribution in [-0.2, 0) is 14.3 Å². The highest BCUT2D eigenvalue weighted by Crippen LogP contribution is 2.41. The summed E-state index contributed by atoms with van der Waals surface area (Å²) >= 11 is 7.16. The highest BCUT2D eigenvalue weighted by molar-refractivity contribution is 8.03. The van der Waals surface area contributed by atoms with Crippen LogP contribution in [-0.4, -0.2) is 24.2 Å². The van der Waals surface area contributed by atoms with Gasteiger partial charge in [-0.25, -0.2) is 9.18 Å². The molecule has 2 aromatic carbocycles. The van der Waals surface area contributed by atoms with Crippen molar-refractivity contribution in [2.45, 2.75) is 12.8 Å². The number of amides is 1. The van der Waals surface area contributed by atoms with Gasteiger partial charge < -0.3 is 15.4 Å². The number of nitrogens with one attached hydrogen (secondary N) is 2. The van der Waals surface area contributed by atoms with Crippen molar-refractivity contribution in [1.82, 2.24) is 5.32 Å². The van der Waals surface area contributed by atoms with Crippen molar-refractivity contribution in [3.8, 4) is 6.07 Å². The number of carbonyl (C=O) groups is 2. The van der Waals surface area contributed by atoms with Crippen LogP contribution in [0.3, 0.4) is 0 Å². The molecule has 6 nitrogen and oxygen atoms in total. The largest absolute Gasteiger partial charge is 0.458 e. The highest BCUT2D eigenvalue weighted by Gasteiger charge is 2.37. The molecule has 0 radical (unpaired) electrons. The molecule has 1 heterocycles. The van der Waals surface area contributed by atoms with Crippen molar-refractivity contribution in [2.75, 3.05) is 17.7 Å². The zero-order valence-corrected chi connectivity index (χ0v) is 19.8. The first-order chi connectivity index (χ1) is 16.4. The Balaban J connectivity index is 1.93. The molecule has 1 amide bonds. The van der Waals surface area contributed by atoms with Crippen LogP contribution >= 0.6 is 23.4 Å². The van der Waals surface area contributed by atoms with Gasteiger partial charge in [0.25, 0.3) is 0 Å². The minimum atomic E-state index is -1.00. The smallest absolute Gasteiger partial charge is 0.337 e. The third-order valence-corrected chi connectivity index (χ3v) is 6.26. The van der Waals surface area contributed by atoms with Crippen molar-refractivity contribution in [1.29, 1.82) is 5.26 Å². The van der Waals surface area contributed by atoms with E-state index >= 15 is 0 Å². The molecular formula is C25H21ClFN3O3S. The van der Waals surface area contributed by atoms with E-state index in [9.17, 15) is 19.2 Å². The summed E-state index contributed by atoms with van der Waals surface area (Å²) in [6.07, 6.45) is 1.42. The van der Waals surface area contributed by atoms with Crippen molar-refractivity contribution in [3.05, 3.63) is 99.5 Å². The predicted molar refractivity (Wildman–Crippen MR) is 131 cm³/mol. The predicted octanol–water partition coefficient (Wildman–Crippen LogP) is 5.28. The van der Waals surface area contributed by atoms with Crippen molar-refractivity contribution in [3.63, 3.8) is 0 Å². The Hall–Kier alpha value is -3.54. The van der Waals surface area contributed by atoms with E-state index in [1.165, 1.54) is 24.3 Å². The number of nitrogens with zero attached hydrogens (tertiary/aromatic N) is 1. The van der Waals surface area contributed by atoms with Gasteiger partial charge in [0.1, 0.15) is 12.4 Å². The third kappa shape index (κ3) is 5.68. The van der Waals surface area contributed by atoms with Crippen LogP contribution in [0.5, 0.6) is 0 Å². The average Bonchev–Trinajstić information content (AvgIpc) is 2.82. The summed E-state index contributed by atoms with van der Waals surface area (Å²) in [5.41, 5.74) is 1.25. The van der Waals surface area contributed by atoms with Gasteiger partial charge in [-0.3, -0.25) is 4.79 Å². The quantitative estimate of drug-likeness (QED) is 0.381. The fraction of sp³-hybridized carbons (Fsp3) is 0.160. The molecule has 0 aliphatic carbocycles. The first-order valence-corrected chi connectivity index (χ1v) is 11.5. The summed E-state index contributed by atoms with van der Waals surface area (Å²) in [4.78, 5) is 25.3. The summed E-state index contributed by atoms with van der Waals surface area (Å²) in [6.45, 7) is 5.13. The lowest BCUT2D eigenvalue weighted by Crippen LogP contribution is -2.30. The summed E-state index contributed by atoms with van der Waals surface area (Å²) in [5, 5.41) is 16.5. The van der Waals surface area contributed by atoms with Crippen molar-refractivity contribution >= 4 is 40.9 Å². The van der Waals surface area contributed by atoms with E-state index in [-0.39, 0.29) is 35.0 Å². The van der Waals surface area contributed by atoms with Crippen LogP contribution in [0.4, 0.5) is 10.1 Å². The number of ether oxygens (including phenoxy) is 1. The van der Waals surface area contributed by atoms with Gasteiger partial charge in [-0.15, -0.1) is 0 Å². The lowest BCUT2D eigenvalue weighted by atomic mass is 9.82. The fourth-order valence-electron chi connectivity index (χ4n) is 3.42. The van der Waals surface area contributed by atoms with E-state index in [4.69, 9.17) is 16.3 Å². The number of esters is 1. The number of hydrogen-bond acceptors (Lipinski definition) is 6. The Morgan fingerprint density at radius 2 is 2.00 bits per heavy atom. The number of dihydropyridines is 1. The van der Waals surface area contributed by atoms with Gasteiger partial charge >= 0.3 is 5.97 Å². The molecule has 0 unspecified atom stereocenters. The molecule has 0 aromatic heterocycles. The maximum atomic E-state index is 14.8. The Kier molecular flexibility index (Phi) is 8.52. The lowest BCUT2D eigenvalue weighted by Gasteiger charge is -2.29. The molecule has 1 atom stereocenters. The number of rotatable bonds is 8. The molecule has 2 N–H and O–H groups in total. The molecule has 3 rings (SSSR count). The minimum absolute atomic E-state index is 0.0327. The van der Waals surface area contributed by atoms with Gasteiger partial charge in [0.2, 0.25) is 5.91 Å². The van der Waals surface area contributed by atoms with Crippen LogP contribution in [0.2, 0.25) is 5.02 Å². The first-order valence-electron chi connectivity index (χ1n) is 10.2. The first kappa shape index (κ1) is 25.1. The maximum absolute atomic E-state index is 14.8. The molecule has 0 fully saturated rings. The second-order valence-corrected chi connectivity index (χ2v) is 8.57. The Morgan fingerprint density at radius 1 is 1.29 bits per heavy atom. The number of para-hydroxylation sites is 1. The molecule has 34 heavy (non-hydrogen) atoms. The van der Waals surface area contributed by atoms with Crippen LogP contribution in [0, 0.1) is 17.1 Å². The van der Waals surface area contributed by atoms with E-state index in [1.54, 1.807) is 37.3 Å². The number of halogens is 2. The highest BCUT2D eigenvalue weighted by atomic mass is 35.5. The number of carbonyl (C=O) groups excluding carboxylic acids is 2. The molecule has 1 aliphatic heterocycles. The summed E-state index contributed by atoms with van der Waals surface area (Å²) in [7, 11) is 0. The normalized spacial score (nSPS) is 15.3. The summed E-state index contributed by atoms with van der Waals surface area (Å²) in [5.74, 6) is -2.65. The van der Waals surface area contributed by atoms with Gasteiger partial charge in [0.05, 0.1) is 44.6 Å². The molecule has 2 aromatic rings. The van der Waals surface area contributed by atoms with Crippen molar-refractivity contribution < 1.29 is 18.7 Å². The number of anilines is 1. The number of hydrogen-bond donors (Lipinski definition) is 2. The topological polar surface area (TPSA) is 91.2 Å². The third-order valence-electron chi connectivity index (χ3n) is 4.91. The van der Waals surface area contributed by atoms with Gasteiger partial charge in [0, 0.05) is 11.3 Å². The zero-order valence-electron chi connectivity index (χ0n) is 18.2. The standard InChI is InChI=1S/C25H21ClFN3O3S/c1-3-12-33-25(32)22-15(2)29-24(17(13-28)23(22)16-8-4-6-10-19(16)27)34-14-21(31)30-20-11-7-5-9-18(20)26/h3-11,23,29H,1,12,14H2,2H3,(H,30,31)/t23-/m0/s1. The van der Waals surface area contributed by atoms with Crippen LogP contribution < -0.4 is 10.6 Å². The molecule has 0 saturated carbocycles. The number of nitriles is 1. The summed E-state index contributed by atoms with van der Waals surface area (Å²) in [6, 6.07) is 14.8. The second kappa shape index (κ2) is 11.5. The monoisotopic (exact) mass is 497 g/mol.